The Morgan fingerprint density at radius 3 is 2.50 bits per heavy atom. The molecule has 0 aliphatic carbocycles. The summed E-state index contributed by atoms with van der Waals surface area (Å²) in [5.41, 5.74) is 8.33. The molecule has 1 heterocycles. The van der Waals surface area contributed by atoms with Gasteiger partial charge in [-0.05, 0) is 37.0 Å². The zero-order valence-corrected chi connectivity index (χ0v) is 16.4. The average molecular weight is 438 g/mol. The summed E-state index contributed by atoms with van der Waals surface area (Å²) in [6, 6.07) is 16.5. The number of aromatic nitrogens is 1. The molecule has 4 nitrogen and oxygen atoms in total. The molecule has 5 heteroatoms. The summed E-state index contributed by atoms with van der Waals surface area (Å²) < 4.78 is 0. The van der Waals surface area contributed by atoms with Gasteiger partial charge in [-0.1, -0.05) is 42.8 Å². The van der Waals surface area contributed by atoms with Crippen LogP contribution in [0.4, 0.5) is 0 Å². The zero-order valence-electron chi connectivity index (χ0n) is 14.0. The van der Waals surface area contributed by atoms with Gasteiger partial charge in [-0.3, -0.25) is 9.98 Å². The number of nitrogens with one attached hydrogen (secondary N) is 1. The highest BCUT2D eigenvalue weighted by Gasteiger charge is 1.95. The van der Waals surface area contributed by atoms with Crippen LogP contribution in [0.3, 0.4) is 0 Å². The highest BCUT2D eigenvalue weighted by molar-refractivity contribution is 14.0. The van der Waals surface area contributed by atoms with E-state index in [4.69, 9.17) is 5.73 Å². The zero-order chi connectivity index (χ0) is 16.2. The normalized spacial score (nSPS) is 10.9. The highest BCUT2D eigenvalue weighted by atomic mass is 127. The van der Waals surface area contributed by atoms with Crippen LogP contribution in [0.2, 0.25) is 0 Å². The summed E-state index contributed by atoms with van der Waals surface area (Å²) in [6.07, 6.45) is 7.26. The molecule has 2 rings (SSSR count). The minimum absolute atomic E-state index is 0. The molecule has 24 heavy (non-hydrogen) atoms. The van der Waals surface area contributed by atoms with Gasteiger partial charge in [-0.25, -0.2) is 0 Å². The average Bonchev–Trinajstić information content (AvgIpc) is 2.60. The largest absolute Gasteiger partial charge is 0.370 e. The van der Waals surface area contributed by atoms with Crippen molar-refractivity contribution >= 4 is 29.9 Å². The first-order valence-electron chi connectivity index (χ1n) is 8.32. The monoisotopic (exact) mass is 438 g/mol. The number of guanidine groups is 1. The smallest absolute Gasteiger partial charge is 0.188 e. The Bertz CT molecular complexity index is 572. The molecule has 0 radical (unpaired) electrons. The fraction of sp³-hybridized carbons (Fsp3) is 0.368. The molecule has 0 atom stereocenters. The topological polar surface area (TPSA) is 63.3 Å². The van der Waals surface area contributed by atoms with Crippen LogP contribution in [0.1, 0.15) is 30.5 Å². The maximum absolute atomic E-state index is 5.86. The first kappa shape index (κ1) is 20.4. The maximum Gasteiger partial charge on any atom is 0.188 e. The van der Waals surface area contributed by atoms with E-state index in [9.17, 15) is 0 Å². The van der Waals surface area contributed by atoms with E-state index in [-0.39, 0.29) is 24.0 Å². The van der Waals surface area contributed by atoms with Crippen molar-refractivity contribution in [1.82, 2.24) is 10.3 Å². The maximum atomic E-state index is 5.86. The van der Waals surface area contributed by atoms with Crippen LogP contribution in [0.25, 0.3) is 0 Å². The SMILES string of the molecule is I.NC(=NCCCCCc1ccccc1)NCCc1ccccn1. The first-order valence-corrected chi connectivity index (χ1v) is 8.32. The minimum atomic E-state index is 0. The van der Waals surface area contributed by atoms with Gasteiger partial charge in [0, 0.05) is 31.4 Å². The lowest BCUT2D eigenvalue weighted by atomic mass is 10.1. The van der Waals surface area contributed by atoms with Gasteiger partial charge in [0.15, 0.2) is 5.96 Å². The quantitative estimate of drug-likeness (QED) is 0.272. The fourth-order valence-electron chi connectivity index (χ4n) is 2.38. The van der Waals surface area contributed by atoms with Gasteiger partial charge < -0.3 is 11.1 Å². The summed E-state index contributed by atoms with van der Waals surface area (Å²) in [6.45, 7) is 1.55. The van der Waals surface area contributed by atoms with Crippen LogP contribution in [0, 0.1) is 0 Å². The van der Waals surface area contributed by atoms with Crippen LogP contribution in [0.15, 0.2) is 59.7 Å². The molecule has 0 aliphatic rings. The van der Waals surface area contributed by atoms with Crippen LogP contribution in [-0.2, 0) is 12.8 Å². The Morgan fingerprint density at radius 2 is 1.75 bits per heavy atom. The number of hydrogen-bond donors (Lipinski definition) is 2. The molecule has 130 valence electrons. The lowest BCUT2D eigenvalue weighted by Crippen LogP contribution is -2.33. The molecule has 1 aromatic heterocycles. The number of benzene rings is 1. The number of aliphatic imine (C=N–C) groups is 1. The summed E-state index contributed by atoms with van der Waals surface area (Å²) in [4.78, 5) is 8.64. The minimum Gasteiger partial charge on any atom is -0.370 e. The van der Waals surface area contributed by atoms with Crippen LogP contribution in [0.5, 0.6) is 0 Å². The van der Waals surface area contributed by atoms with E-state index >= 15 is 0 Å². The molecule has 0 unspecified atom stereocenters. The van der Waals surface area contributed by atoms with Crippen LogP contribution < -0.4 is 11.1 Å². The van der Waals surface area contributed by atoms with E-state index in [0.29, 0.717) is 5.96 Å². The van der Waals surface area contributed by atoms with Gasteiger partial charge in [0.05, 0.1) is 0 Å². The Kier molecular flexibility index (Phi) is 10.8. The van der Waals surface area contributed by atoms with Crippen LogP contribution >= 0.6 is 24.0 Å². The molecular weight excluding hydrogens is 411 g/mol. The second kappa shape index (κ2) is 12.8. The summed E-state index contributed by atoms with van der Waals surface area (Å²) >= 11 is 0. The van der Waals surface area contributed by atoms with E-state index in [1.54, 1.807) is 0 Å². The molecule has 0 fully saturated rings. The predicted octanol–water partition coefficient (Wildman–Crippen LogP) is 3.56. The summed E-state index contributed by atoms with van der Waals surface area (Å²) in [5.74, 6) is 0.531. The third-order valence-corrected chi connectivity index (χ3v) is 3.66. The van der Waals surface area contributed by atoms with E-state index in [0.717, 1.165) is 38.0 Å². The fourth-order valence-corrected chi connectivity index (χ4v) is 2.38. The third kappa shape index (κ3) is 8.86. The Labute approximate surface area is 162 Å². The van der Waals surface area contributed by atoms with E-state index in [1.807, 2.05) is 24.4 Å². The standard InChI is InChI=1S/C19H26N4.HI/c20-19(23-16-13-18-12-6-8-14-21-18)22-15-7-2-5-11-17-9-3-1-4-10-17;/h1,3-4,6,8-10,12,14H,2,5,7,11,13,15-16H2,(H3,20,22,23);1H. The molecular formula is C19H27IN4. The summed E-state index contributed by atoms with van der Waals surface area (Å²) in [5, 5.41) is 3.14. The van der Waals surface area contributed by atoms with E-state index in [1.165, 1.54) is 18.4 Å². The van der Waals surface area contributed by atoms with Crippen molar-refractivity contribution in [1.29, 1.82) is 0 Å². The molecule has 2 aromatic rings. The number of unbranched alkanes of at least 4 members (excludes halogenated alkanes) is 2. The van der Waals surface area contributed by atoms with Gasteiger partial charge in [-0.15, -0.1) is 24.0 Å². The number of aryl methyl sites for hydroxylation is 1. The molecule has 0 spiro atoms. The van der Waals surface area contributed by atoms with Crippen molar-refractivity contribution < 1.29 is 0 Å². The molecule has 3 N–H and O–H groups in total. The molecule has 0 amide bonds. The second-order valence-electron chi connectivity index (χ2n) is 5.56. The van der Waals surface area contributed by atoms with Gasteiger partial charge in [0.25, 0.3) is 0 Å². The third-order valence-electron chi connectivity index (χ3n) is 3.66. The molecule has 1 aromatic carbocycles. The molecule has 0 aliphatic heterocycles. The molecule has 0 saturated heterocycles. The van der Waals surface area contributed by atoms with Crippen molar-refractivity contribution in [2.24, 2.45) is 10.7 Å². The number of rotatable bonds is 9. The Balaban J connectivity index is 0.00000288. The highest BCUT2D eigenvalue weighted by Crippen LogP contribution is 2.06. The van der Waals surface area contributed by atoms with Crippen molar-refractivity contribution in [3.63, 3.8) is 0 Å². The Morgan fingerprint density at radius 1 is 0.958 bits per heavy atom. The van der Waals surface area contributed by atoms with E-state index < -0.39 is 0 Å². The van der Waals surface area contributed by atoms with Crippen molar-refractivity contribution in [2.45, 2.75) is 32.1 Å². The van der Waals surface area contributed by atoms with Crippen molar-refractivity contribution in [3.05, 3.63) is 66.0 Å². The number of pyridine rings is 1. The lowest BCUT2D eigenvalue weighted by Gasteiger charge is -2.05. The van der Waals surface area contributed by atoms with E-state index in [2.05, 4.69) is 45.6 Å². The van der Waals surface area contributed by atoms with Gasteiger partial charge >= 0.3 is 0 Å². The number of hydrogen-bond acceptors (Lipinski definition) is 2. The van der Waals surface area contributed by atoms with Gasteiger partial charge in [0.2, 0.25) is 0 Å². The molecule has 0 bridgehead atoms. The number of halogens is 1. The number of nitrogens with zero attached hydrogens (tertiary/aromatic N) is 2. The second-order valence-corrected chi connectivity index (χ2v) is 5.56. The van der Waals surface area contributed by atoms with Crippen molar-refractivity contribution in [3.8, 4) is 0 Å². The van der Waals surface area contributed by atoms with Gasteiger partial charge in [0.1, 0.15) is 0 Å². The van der Waals surface area contributed by atoms with Crippen molar-refractivity contribution in [2.75, 3.05) is 13.1 Å². The first-order chi connectivity index (χ1) is 11.3. The van der Waals surface area contributed by atoms with Gasteiger partial charge in [-0.2, -0.15) is 0 Å². The van der Waals surface area contributed by atoms with Crippen LogP contribution in [-0.4, -0.2) is 24.0 Å². The summed E-state index contributed by atoms with van der Waals surface area (Å²) in [7, 11) is 0. The lowest BCUT2D eigenvalue weighted by molar-refractivity contribution is 0.684. The predicted molar refractivity (Wildman–Crippen MR) is 112 cm³/mol. The Hall–Kier alpha value is -1.63. The molecule has 0 saturated carbocycles. The number of nitrogens with two attached hydrogens (primary N) is 1.